The van der Waals surface area contributed by atoms with E-state index in [9.17, 15) is 14.4 Å². The van der Waals surface area contributed by atoms with Gasteiger partial charge in [-0.1, -0.05) is 23.7 Å². The molecule has 188 valence electrons. The number of ether oxygens (including phenoxy) is 5. The van der Waals surface area contributed by atoms with E-state index in [1.54, 1.807) is 42.5 Å². The lowest BCUT2D eigenvalue weighted by Gasteiger charge is -2.14. The SMILES string of the molecule is CC(=O)Oc1c(-c2ccc3c(c2)OCO3)oc2cc(OCc3ccc(Cl)cc3)cc(OC(C)=O)c2c1=O. The molecule has 0 aliphatic carbocycles. The Morgan fingerprint density at radius 2 is 1.65 bits per heavy atom. The number of esters is 2. The molecule has 0 spiro atoms. The van der Waals surface area contributed by atoms with Gasteiger partial charge in [0.1, 0.15) is 29.1 Å². The van der Waals surface area contributed by atoms with Crippen LogP contribution in [0.4, 0.5) is 0 Å². The van der Waals surface area contributed by atoms with Crippen LogP contribution in [-0.4, -0.2) is 18.7 Å². The second-order valence-electron chi connectivity index (χ2n) is 8.05. The van der Waals surface area contributed by atoms with Gasteiger partial charge in [0, 0.05) is 36.6 Å². The summed E-state index contributed by atoms with van der Waals surface area (Å²) in [6.45, 7) is 2.58. The predicted molar refractivity (Wildman–Crippen MR) is 132 cm³/mol. The maximum Gasteiger partial charge on any atom is 0.308 e. The molecule has 5 rings (SSSR count). The van der Waals surface area contributed by atoms with Crippen molar-refractivity contribution in [1.82, 2.24) is 0 Å². The van der Waals surface area contributed by atoms with Gasteiger partial charge in [0.25, 0.3) is 0 Å². The van der Waals surface area contributed by atoms with Gasteiger partial charge in [0.15, 0.2) is 17.3 Å². The fourth-order valence-electron chi connectivity index (χ4n) is 3.77. The maximum absolute atomic E-state index is 13.6. The van der Waals surface area contributed by atoms with Crippen molar-refractivity contribution in [2.45, 2.75) is 20.5 Å². The number of carbonyl (C=O) groups excluding carboxylic acids is 2. The van der Waals surface area contributed by atoms with Crippen LogP contribution in [0.5, 0.6) is 28.7 Å². The number of hydrogen-bond acceptors (Lipinski definition) is 9. The van der Waals surface area contributed by atoms with Gasteiger partial charge < -0.3 is 28.1 Å². The van der Waals surface area contributed by atoms with E-state index in [1.807, 2.05) is 0 Å². The van der Waals surface area contributed by atoms with Crippen LogP contribution in [0.2, 0.25) is 5.02 Å². The minimum Gasteiger partial charge on any atom is -0.489 e. The minimum atomic E-state index is -0.731. The van der Waals surface area contributed by atoms with Crippen molar-refractivity contribution in [1.29, 1.82) is 0 Å². The zero-order valence-corrected chi connectivity index (χ0v) is 20.4. The average molecular weight is 523 g/mol. The molecular weight excluding hydrogens is 504 g/mol. The topological polar surface area (TPSA) is 110 Å². The van der Waals surface area contributed by atoms with Crippen LogP contribution in [0.25, 0.3) is 22.3 Å². The molecule has 0 radical (unpaired) electrons. The van der Waals surface area contributed by atoms with Crippen molar-refractivity contribution < 1.29 is 37.7 Å². The van der Waals surface area contributed by atoms with Crippen LogP contribution in [-0.2, 0) is 16.2 Å². The highest BCUT2D eigenvalue weighted by Crippen LogP contribution is 2.41. The van der Waals surface area contributed by atoms with Crippen LogP contribution in [0, 0.1) is 0 Å². The lowest BCUT2D eigenvalue weighted by atomic mass is 10.1. The molecule has 0 atom stereocenters. The molecule has 3 aromatic carbocycles. The van der Waals surface area contributed by atoms with Gasteiger partial charge in [0.05, 0.1) is 0 Å². The summed E-state index contributed by atoms with van der Waals surface area (Å²) in [5.41, 5.74) is 0.593. The summed E-state index contributed by atoms with van der Waals surface area (Å²) in [6.07, 6.45) is 0. The summed E-state index contributed by atoms with van der Waals surface area (Å²) in [4.78, 5) is 37.3. The molecule has 0 fully saturated rings. The Morgan fingerprint density at radius 1 is 0.919 bits per heavy atom. The maximum atomic E-state index is 13.6. The van der Waals surface area contributed by atoms with E-state index in [1.165, 1.54) is 19.1 Å². The first-order chi connectivity index (χ1) is 17.8. The zero-order chi connectivity index (χ0) is 26.1. The fourth-order valence-corrected chi connectivity index (χ4v) is 3.90. The average Bonchev–Trinajstić information content (AvgIpc) is 3.32. The van der Waals surface area contributed by atoms with Crippen LogP contribution >= 0.6 is 11.6 Å². The Labute approximate surface area is 215 Å². The van der Waals surface area contributed by atoms with Crippen molar-refractivity contribution in [2.24, 2.45) is 0 Å². The summed E-state index contributed by atoms with van der Waals surface area (Å²) in [6, 6.07) is 14.9. The van der Waals surface area contributed by atoms with E-state index in [0.29, 0.717) is 22.1 Å². The third kappa shape index (κ3) is 5.07. The van der Waals surface area contributed by atoms with Gasteiger partial charge in [-0.05, 0) is 35.9 Å². The normalized spacial score (nSPS) is 11.9. The molecule has 37 heavy (non-hydrogen) atoms. The van der Waals surface area contributed by atoms with Crippen molar-refractivity contribution in [3.05, 3.63) is 75.4 Å². The molecule has 1 aliphatic heterocycles. The van der Waals surface area contributed by atoms with Crippen LogP contribution in [0.1, 0.15) is 19.4 Å². The van der Waals surface area contributed by atoms with Crippen molar-refractivity contribution >= 4 is 34.5 Å². The van der Waals surface area contributed by atoms with Crippen molar-refractivity contribution in [3.63, 3.8) is 0 Å². The molecule has 4 aromatic rings. The Balaban J connectivity index is 1.66. The molecular formula is C27H19ClO9. The Kier molecular flexibility index (Phi) is 6.45. The zero-order valence-electron chi connectivity index (χ0n) is 19.7. The molecule has 1 aromatic heterocycles. The predicted octanol–water partition coefficient (Wildman–Crippen LogP) is 5.27. The first kappa shape index (κ1) is 24.2. The number of hydrogen-bond donors (Lipinski definition) is 0. The highest BCUT2D eigenvalue weighted by atomic mass is 35.5. The molecule has 9 nitrogen and oxygen atoms in total. The smallest absolute Gasteiger partial charge is 0.308 e. The number of benzene rings is 3. The van der Waals surface area contributed by atoms with Gasteiger partial charge in [-0.15, -0.1) is 0 Å². The largest absolute Gasteiger partial charge is 0.489 e. The second kappa shape index (κ2) is 9.87. The van der Waals surface area contributed by atoms with E-state index >= 15 is 0 Å². The van der Waals surface area contributed by atoms with E-state index < -0.39 is 17.4 Å². The summed E-state index contributed by atoms with van der Waals surface area (Å²) in [7, 11) is 0. The first-order valence-corrected chi connectivity index (χ1v) is 11.5. The summed E-state index contributed by atoms with van der Waals surface area (Å²) in [5.74, 6) is -0.633. The van der Waals surface area contributed by atoms with Crippen LogP contribution in [0.3, 0.4) is 0 Å². The third-order valence-electron chi connectivity index (χ3n) is 5.34. The number of halogens is 1. The monoisotopic (exact) mass is 522 g/mol. The van der Waals surface area contributed by atoms with E-state index in [-0.39, 0.29) is 47.4 Å². The number of carbonyl (C=O) groups is 2. The fraction of sp³-hybridized carbons (Fsp3) is 0.148. The molecule has 0 saturated carbocycles. The minimum absolute atomic E-state index is 0.0189. The quantitative estimate of drug-likeness (QED) is 0.247. The second-order valence-corrected chi connectivity index (χ2v) is 8.49. The Morgan fingerprint density at radius 3 is 2.38 bits per heavy atom. The third-order valence-corrected chi connectivity index (χ3v) is 5.60. The first-order valence-electron chi connectivity index (χ1n) is 11.1. The van der Waals surface area contributed by atoms with Crippen LogP contribution < -0.4 is 29.1 Å². The highest BCUT2D eigenvalue weighted by Gasteiger charge is 2.25. The van der Waals surface area contributed by atoms with Crippen molar-refractivity contribution in [3.8, 4) is 40.1 Å². The lowest BCUT2D eigenvalue weighted by Crippen LogP contribution is -2.15. The van der Waals surface area contributed by atoms with E-state index in [2.05, 4.69) is 0 Å². The van der Waals surface area contributed by atoms with Gasteiger partial charge in [-0.25, -0.2) is 0 Å². The molecule has 0 unspecified atom stereocenters. The summed E-state index contributed by atoms with van der Waals surface area (Å²) < 4.78 is 33.3. The Hall–Kier alpha value is -4.50. The van der Waals surface area contributed by atoms with E-state index in [4.69, 9.17) is 39.7 Å². The standard InChI is InChI=1S/C27H19ClO9/c1-14(29)35-22-10-19(32-12-16-3-6-18(28)7-4-16)11-23-24(22)25(31)27(36-15(2)30)26(37-23)17-5-8-20-21(9-17)34-13-33-20/h3-11H,12-13H2,1-2H3. The number of rotatable bonds is 6. The van der Waals surface area contributed by atoms with Gasteiger partial charge >= 0.3 is 11.9 Å². The molecule has 0 amide bonds. The van der Waals surface area contributed by atoms with Crippen molar-refractivity contribution in [2.75, 3.05) is 6.79 Å². The van der Waals surface area contributed by atoms with Gasteiger partial charge in [-0.3, -0.25) is 14.4 Å². The molecule has 0 bridgehead atoms. The summed E-state index contributed by atoms with van der Waals surface area (Å²) in [5, 5.41) is 0.503. The molecule has 2 heterocycles. The summed E-state index contributed by atoms with van der Waals surface area (Å²) >= 11 is 5.94. The van der Waals surface area contributed by atoms with Gasteiger partial charge in [-0.2, -0.15) is 0 Å². The highest BCUT2D eigenvalue weighted by molar-refractivity contribution is 6.30. The van der Waals surface area contributed by atoms with Gasteiger partial charge in [0.2, 0.25) is 18.0 Å². The van der Waals surface area contributed by atoms with Crippen LogP contribution in [0.15, 0.2) is 63.8 Å². The molecule has 0 N–H and O–H groups in total. The lowest BCUT2D eigenvalue weighted by molar-refractivity contribution is -0.133. The molecule has 0 saturated heterocycles. The number of fused-ring (bicyclic) bond motifs is 2. The Bertz CT molecular complexity index is 1590. The molecule has 10 heteroatoms. The molecule has 1 aliphatic rings. The van der Waals surface area contributed by atoms with E-state index in [0.717, 1.165) is 12.5 Å².